The van der Waals surface area contributed by atoms with E-state index in [-0.39, 0.29) is 24.3 Å². The van der Waals surface area contributed by atoms with Crippen molar-refractivity contribution in [3.05, 3.63) is 53.1 Å². The molecule has 0 aromatic heterocycles. The van der Waals surface area contributed by atoms with Gasteiger partial charge in [-0.15, -0.1) is 0 Å². The number of halogens is 1. The van der Waals surface area contributed by atoms with Gasteiger partial charge in [0.2, 0.25) is 5.91 Å². The van der Waals surface area contributed by atoms with Crippen LogP contribution in [0.5, 0.6) is 5.75 Å². The lowest BCUT2D eigenvalue weighted by molar-refractivity contribution is -0.121. The van der Waals surface area contributed by atoms with Gasteiger partial charge in [-0.05, 0) is 36.6 Å². The van der Waals surface area contributed by atoms with Crippen molar-refractivity contribution in [3.8, 4) is 5.75 Å². The van der Waals surface area contributed by atoms with Crippen LogP contribution in [0.15, 0.2) is 42.5 Å². The molecule has 142 valence electrons. The zero-order chi connectivity index (χ0) is 19.4. The Bertz CT molecular complexity index is 849. The standard InChI is InChI=1S/C21H23ClN2O3/c1-3-14(4-2)21(26)23-16-9-10-18-19(11-16)27-13-20(25)24(18)12-15-7-5-6-8-17(15)22/h5-11,14H,3-4,12-13H2,1-2H3,(H,23,26). The van der Waals surface area contributed by atoms with Gasteiger partial charge in [0.1, 0.15) is 5.75 Å². The second kappa shape index (κ2) is 8.44. The van der Waals surface area contributed by atoms with Crippen molar-refractivity contribution in [2.24, 2.45) is 5.92 Å². The highest BCUT2D eigenvalue weighted by atomic mass is 35.5. The Balaban J connectivity index is 1.83. The van der Waals surface area contributed by atoms with E-state index in [0.29, 0.717) is 28.7 Å². The molecule has 0 saturated heterocycles. The lowest BCUT2D eigenvalue weighted by atomic mass is 10.0. The molecule has 27 heavy (non-hydrogen) atoms. The number of carbonyl (C=O) groups is 2. The molecule has 0 spiro atoms. The van der Waals surface area contributed by atoms with Crippen molar-refractivity contribution in [1.29, 1.82) is 0 Å². The number of ether oxygens (including phenoxy) is 1. The summed E-state index contributed by atoms with van der Waals surface area (Å²) in [5, 5.41) is 3.55. The van der Waals surface area contributed by atoms with Crippen molar-refractivity contribution in [2.45, 2.75) is 33.2 Å². The number of rotatable bonds is 6. The van der Waals surface area contributed by atoms with Gasteiger partial charge >= 0.3 is 0 Å². The third kappa shape index (κ3) is 4.25. The molecule has 1 aliphatic heterocycles. The highest BCUT2D eigenvalue weighted by molar-refractivity contribution is 6.31. The van der Waals surface area contributed by atoms with Crippen LogP contribution in [0.3, 0.4) is 0 Å². The third-order valence-corrected chi connectivity index (χ3v) is 5.18. The topological polar surface area (TPSA) is 58.6 Å². The number of anilines is 2. The van der Waals surface area contributed by atoms with Crippen molar-refractivity contribution in [3.63, 3.8) is 0 Å². The summed E-state index contributed by atoms with van der Waals surface area (Å²) in [7, 11) is 0. The number of benzene rings is 2. The van der Waals surface area contributed by atoms with Gasteiger partial charge in [0.15, 0.2) is 6.61 Å². The minimum atomic E-state index is -0.128. The van der Waals surface area contributed by atoms with Crippen molar-refractivity contribution in [1.82, 2.24) is 0 Å². The van der Waals surface area contributed by atoms with Gasteiger partial charge < -0.3 is 15.0 Å². The van der Waals surface area contributed by atoms with Crippen LogP contribution in [0.4, 0.5) is 11.4 Å². The van der Waals surface area contributed by atoms with Crippen LogP contribution in [0.1, 0.15) is 32.3 Å². The Morgan fingerprint density at radius 2 is 1.96 bits per heavy atom. The number of carbonyl (C=O) groups excluding carboxylic acids is 2. The Labute approximate surface area is 164 Å². The monoisotopic (exact) mass is 386 g/mol. The summed E-state index contributed by atoms with van der Waals surface area (Å²) in [6, 6.07) is 12.8. The highest BCUT2D eigenvalue weighted by Gasteiger charge is 2.26. The fraction of sp³-hybridized carbons (Fsp3) is 0.333. The summed E-state index contributed by atoms with van der Waals surface area (Å²) in [6.07, 6.45) is 1.59. The summed E-state index contributed by atoms with van der Waals surface area (Å²) in [4.78, 5) is 26.4. The largest absolute Gasteiger partial charge is 0.481 e. The summed E-state index contributed by atoms with van der Waals surface area (Å²) < 4.78 is 5.59. The Hall–Kier alpha value is -2.53. The van der Waals surface area contributed by atoms with Crippen molar-refractivity contribution in [2.75, 3.05) is 16.8 Å². The first kappa shape index (κ1) is 19.2. The molecular formula is C21H23ClN2O3. The minimum Gasteiger partial charge on any atom is -0.481 e. The second-order valence-electron chi connectivity index (χ2n) is 6.55. The number of hydrogen-bond donors (Lipinski definition) is 1. The van der Waals surface area contributed by atoms with Gasteiger partial charge in [0.25, 0.3) is 5.91 Å². The normalized spacial score (nSPS) is 13.3. The number of hydrogen-bond acceptors (Lipinski definition) is 3. The second-order valence-corrected chi connectivity index (χ2v) is 6.95. The van der Waals surface area contributed by atoms with Gasteiger partial charge in [-0.25, -0.2) is 0 Å². The van der Waals surface area contributed by atoms with Gasteiger partial charge in [-0.1, -0.05) is 43.6 Å². The zero-order valence-corrected chi connectivity index (χ0v) is 16.3. The van der Waals surface area contributed by atoms with Crippen LogP contribution in [-0.2, 0) is 16.1 Å². The first-order valence-electron chi connectivity index (χ1n) is 9.15. The molecule has 0 radical (unpaired) electrons. The Kier molecular flexibility index (Phi) is 6.01. The number of amides is 2. The van der Waals surface area contributed by atoms with Crippen LogP contribution in [0.2, 0.25) is 5.02 Å². The van der Waals surface area contributed by atoms with Crippen LogP contribution in [0.25, 0.3) is 0 Å². The molecule has 0 bridgehead atoms. The molecule has 2 amide bonds. The van der Waals surface area contributed by atoms with Gasteiger partial charge in [-0.3, -0.25) is 9.59 Å². The molecule has 0 atom stereocenters. The molecule has 1 aliphatic rings. The summed E-state index contributed by atoms with van der Waals surface area (Å²) in [5.74, 6) is 0.431. The maximum atomic E-state index is 12.4. The van der Waals surface area contributed by atoms with Crippen LogP contribution in [0, 0.1) is 5.92 Å². The minimum absolute atomic E-state index is 0.000223. The van der Waals surface area contributed by atoms with Gasteiger partial charge in [-0.2, -0.15) is 0 Å². The Morgan fingerprint density at radius 1 is 1.22 bits per heavy atom. The summed E-state index contributed by atoms with van der Waals surface area (Å²) >= 11 is 6.24. The predicted molar refractivity (Wildman–Crippen MR) is 107 cm³/mol. The number of fused-ring (bicyclic) bond motifs is 1. The molecule has 2 aromatic carbocycles. The predicted octanol–water partition coefficient (Wildman–Crippen LogP) is 4.64. The van der Waals surface area contributed by atoms with Crippen LogP contribution in [-0.4, -0.2) is 18.4 Å². The first-order valence-corrected chi connectivity index (χ1v) is 9.52. The first-order chi connectivity index (χ1) is 13.0. The van der Waals surface area contributed by atoms with E-state index in [0.717, 1.165) is 18.4 Å². The molecule has 2 aromatic rings. The summed E-state index contributed by atoms with van der Waals surface area (Å²) in [6.45, 7) is 4.33. The molecule has 0 saturated carbocycles. The van der Waals surface area contributed by atoms with E-state index < -0.39 is 0 Å². The molecular weight excluding hydrogens is 364 g/mol. The lowest BCUT2D eigenvalue weighted by Crippen LogP contribution is -2.38. The molecule has 3 rings (SSSR count). The maximum absolute atomic E-state index is 12.4. The van der Waals surface area contributed by atoms with E-state index in [4.69, 9.17) is 16.3 Å². The van der Waals surface area contributed by atoms with Crippen molar-refractivity contribution < 1.29 is 14.3 Å². The lowest BCUT2D eigenvalue weighted by Gasteiger charge is -2.30. The van der Waals surface area contributed by atoms with Gasteiger partial charge in [0, 0.05) is 22.7 Å². The van der Waals surface area contributed by atoms with E-state index in [1.165, 1.54) is 0 Å². The number of nitrogens with one attached hydrogen (secondary N) is 1. The van der Waals surface area contributed by atoms with E-state index in [1.54, 1.807) is 29.2 Å². The maximum Gasteiger partial charge on any atom is 0.265 e. The zero-order valence-electron chi connectivity index (χ0n) is 15.5. The molecule has 1 heterocycles. The summed E-state index contributed by atoms with van der Waals surface area (Å²) in [5.41, 5.74) is 2.20. The third-order valence-electron chi connectivity index (χ3n) is 4.81. The molecule has 0 fully saturated rings. The van der Waals surface area contributed by atoms with Crippen LogP contribution >= 0.6 is 11.6 Å². The molecule has 5 nitrogen and oxygen atoms in total. The van der Waals surface area contributed by atoms with Gasteiger partial charge in [0.05, 0.1) is 12.2 Å². The van der Waals surface area contributed by atoms with E-state index in [9.17, 15) is 9.59 Å². The molecule has 0 aliphatic carbocycles. The average molecular weight is 387 g/mol. The van der Waals surface area contributed by atoms with E-state index in [1.807, 2.05) is 32.0 Å². The van der Waals surface area contributed by atoms with Crippen LogP contribution < -0.4 is 15.0 Å². The SMILES string of the molecule is CCC(CC)C(=O)Nc1ccc2c(c1)OCC(=O)N2Cc1ccccc1Cl. The molecule has 0 unspecified atom stereocenters. The molecule has 1 N–H and O–H groups in total. The quantitative estimate of drug-likeness (QED) is 0.786. The fourth-order valence-electron chi connectivity index (χ4n) is 3.16. The van der Waals surface area contributed by atoms with E-state index >= 15 is 0 Å². The smallest absolute Gasteiger partial charge is 0.265 e. The number of nitrogens with zero attached hydrogens (tertiary/aromatic N) is 1. The highest BCUT2D eigenvalue weighted by Crippen LogP contribution is 2.36. The van der Waals surface area contributed by atoms with Crippen molar-refractivity contribution >= 4 is 34.8 Å². The fourth-order valence-corrected chi connectivity index (χ4v) is 3.35. The average Bonchev–Trinajstić information content (AvgIpc) is 2.66. The van der Waals surface area contributed by atoms with E-state index in [2.05, 4.69) is 5.32 Å². The molecule has 6 heteroatoms. The Morgan fingerprint density at radius 3 is 2.67 bits per heavy atom.